The molecule has 1 amide bonds. The van der Waals surface area contributed by atoms with E-state index in [0.717, 1.165) is 37.0 Å². The molecule has 2 aliphatic rings. The SMILES string of the molecule is CC(C)(C)C#Cc1cc(N(C(=O)[C@H]2CC[C@@H](C)CC2)[C@H]2CC[C@@H]2OP(C)(C)=O)c(C(=O)O)s1. The zero-order chi connectivity index (χ0) is 24.6. The molecular formula is C25H36NO5PS. The largest absolute Gasteiger partial charge is 0.477 e. The molecule has 3 rings (SSSR count). The smallest absolute Gasteiger partial charge is 0.348 e. The van der Waals surface area contributed by atoms with Gasteiger partial charge in [0, 0.05) is 24.7 Å². The molecule has 2 fully saturated rings. The average Bonchev–Trinajstić information content (AvgIpc) is 3.11. The Morgan fingerprint density at radius 1 is 1.15 bits per heavy atom. The second-order valence-electron chi connectivity index (χ2n) is 10.8. The minimum atomic E-state index is -2.76. The van der Waals surface area contributed by atoms with E-state index < -0.39 is 13.3 Å². The minimum Gasteiger partial charge on any atom is -0.477 e. The summed E-state index contributed by atoms with van der Waals surface area (Å²) in [5.74, 6) is 5.60. The highest BCUT2D eigenvalue weighted by atomic mass is 32.1. The van der Waals surface area contributed by atoms with Crippen LogP contribution >= 0.6 is 18.7 Å². The molecule has 2 atom stereocenters. The lowest BCUT2D eigenvalue weighted by molar-refractivity contribution is -0.125. The van der Waals surface area contributed by atoms with E-state index in [1.54, 1.807) is 24.3 Å². The third-order valence-electron chi connectivity index (χ3n) is 6.23. The summed E-state index contributed by atoms with van der Waals surface area (Å²) >= 11 is 1.10. The van der Waals surface area contributed by atoms with Crippen LogP contribution in [0.3, 0.4) is 0 Å². The quantitative estimate of drug-likeness (QED) is 0.383. The number of thiophene rings is 1. The molecule has 2 saturated carbocycles. The summed E-state index contributed by atoms with van der Waals surface area (Å²) in [6.45, 7) is 11.3. The Labute approximate surface area is 201 Å². The zero-order valence-electron chi connectivity index (χ0n) is 20.5. The van der Waals surface area contributed by atoms with Crippen molar-refractivity contribution in [3.63, 3.8) is 0 Å². The zero-order valence-corrected chi connectivity index (χ0v) is 22.2. The fourth-order valence-corrected chi connectivity index (χ4v) is 6.12. The van der Waals surface area contributed by atoms with Gasteiger partial charge in [-0.1, -0.05) is 18.8 Å². The predicted molar refractivity (Wildman–Crippen MR) is 134 cm³/mol. The lowest BCUT2D eigenvalue weighted by Gasteiger charge is -2.45. The lowest BCUT2D eigenvalue weighted by atomic mass is 9.80. The molecule has 0 aliphatic heterocycles. The molecule has 6 nitrogen and oxygen atoms in total. The highest BCUT2D eigenvalue weighted by Gasteiger charge is 2.44. The average molecular weight is 494 g/mol. The van der Waals surface area contributed by atoms with Gasteiger partial charge in [0.2, 0.25) is 5.91 Å². The topological polar surface area (TPSA) is 83.9 Å². The van der Waals surface area contributed by atoms with Crippen LogP contribution in [0.5, 0.6) is 0 Å². The molecular weight excluding hydrogens is 457 g/mol. The van der Waals surface area contributed by atoms with Gasteiger partial charge >= 0.3 is 5.97 Å². The van der Waals surface area contributed by atoms with Gasteiger partial charge in [-0.3, -0.25) is 9.36 Å². The lowest BCUT2D eigenvalue weighted by Crippen LogP contribution is -2.56. The Hall–Kier alpha value is -1.61. The van der Waals surface area contributed by atoms with Crippen LogP contribution in [0.4, 0.5) is 5.69 Å². The van der Waals surface area contributed by atoms with Gasteiger partial charge in [-0.25, -0.2) is 4.79 Å². The van der Waals surface area contributed by atoms with Gasteiger partial charge in [-0.15, -0.1) is 11.3 Å². The van der Waals surface area contributed by atoms with Crippen molar-refractivity contribution in [3.05, 3.63) is 15.8 Å². The number of hydrogen-bond acceptors (Lipinski definition) is 5. The summed E-state index contributed by atoms with van der Waals surface area (Å²) in [6, 6.07) is 1.42. The Bertz CT molecular complexity index is 1000. The summed E-state index contributed by atoms with van der Waals surface area (Å²) < 4.78 is 18.2. The number of hydrogen-bond donors (Lipinski definition) is 1. The summed E-state index contributed by atoms with van der Waals surface area (Å²) in [4.78, 5) is 28.4. The second-order valence-corrected chi connectivity index (χ2v) is 14.6. The van der Waals surface area contributed by atoms with Crippen molar-refractivity contribution >= 4 is 36.3 Å². The van der Waals surface area contributed by atoms with Gasteiger partial charge in [0.05, 0.1) is 22.7 Å². The second kappa shape index (κ2) is 9.94. The Balaban J connectivity index is 2.02. The van der Waals surface area contributed by atoms with Crippen LogP contribution in [-0.2, 0) is 13.9 Å². The monoisotopic (exact) mass is 493 g/mol. The first-order valence-electron chi connectivity index (χ1n) is 11.7. The van der Waals surface area contributed by atoms with Crippen molar-refractivity contribution in [2.75, 3.05) is 18.2 Å². The van der Waals surface area contributed by atoms with Crippen molar-refractivity contribution < 1.29 is 23.8 Å². The number of carbonyl (C=O) groups is 2. The molecule has 33 heavy (non-hydrogen) atoms. The molecule has 0 saturated heterocycles. The standard InChI is InChI=1S/C25H36NO5PS/c1-16-7-9-17(10-8-16)23(27)26(19-11-12-21(19)31-32(5,6)30)20-15-18(13-14-25(2,3)4)33-22(20)24(28)29/h15-17,19,21H,7-12H2,1-6H3,(H,28,29)/t16-,17+,19-,21-/m0/s1. The number of anilines is 1. The molecule has 0 radical (unpaired) electrons. The van der Waals surface area contributed by atoms with Crippen molar-refractivity contribution in [2.24, 2.45) is 17.3 Å². The molecule has 8 heteroatoms. The van der Waals surface area contributed by atoms with E-state index in [1.807, 2.05) is 20.8 Å². The van der Waals surface area contributed by atoms with Gasteiger partial charge in [-0.2, -0.15) is 0 Å². The Kier molecular flexibility index (Phi) is 7.83. The van der Waals surface area contributed by atoms with Crippen molar-refractivity contribution in [3.8, 4) is 11.8 Å². The van der Waals surface area contributed by atoms with E-state index in [4.69, 9.17) is 4.52 Å². The maximum absolute atomic E-state index is 13.8. The van der Waals surface area contributed by atoms with Crippen LogP contribution in [0.15, 0.2) is 6.07 Å². The van der Waals surface area contributed by atoms with Crippen LogP contribution in [0.25, 0.3) is 0 Å². The fraction of sp³-hybridized carbons (Fsp3) is 0.680. The number of carboxylic acid groups (broad SMARTS) is 1. The molecule has 2 aliphatic carbocycles. The van der Waals surface area contributed by atoms with E-state index in [1.165, 1.54) is 0 Å². The van der Waals surface area contributed by atoms with Gasteiger partial charge < -0.3 is 14.5 Å². The molecule has 1 N–H and O–H groups in total. The summed E-state index contributed by atoms with van der Waals surface area (Å²) in [5, 5.41) is 9.96. The number of aromatic carboxylic acids is 1. The molecule has 182 valence electrons. The number of nitrogens with zero attached hydrogens (tertiary/aromatic N) is 1. The molecule has 1 heterocycles. The van der Waals surface area contributed by atoms with Crippen molar-refractivity contribution in [2.45, 2.75) is 78.4 Å². The maximum Gasteiger partial charge on any atom is 0.348 e. The normalized spacial score (nSPS) is 25.5. The third kappa shape index (κ3) is 6.72. The van der Waals surface area contributed by atoms with Crippen LogP contribution < -0.4 is 4.90 Å². The number of carbonyl (C=O) groups excluding carboxylic acids is 1. The summed E-state index contributed by atoms with van der Waals surface area (Å²) in [7, 11) is -2.76. The van der Waals surface area contributed by atoms with E-state index in [9.17, 15) is 19.3 Å². The van der Waals surface area contributed by atoms with Crippen LogP contribution in [-0.4, -0.2) is 42.5 Å². The highest BCUT2D eigenvalue weighted by Crippen LogP contribution is 2.47. The van der Waals surface area contributed by atoms with Crippen molar-refractivity contribution in [1.82, 2.24) is 0 Å². The fourth-order valence-electron chi connectivity index (χ4n) is 4.39. The number of carboxylic acids is 1. The number of amides is 1. The van der Waals surface area contributed by atoms with Crippen LogP contribution in [0, 0.1) is 29.1 Å². The molecule has 0 spiro atoms. The summed E-state index contributed by atoms with van der Waals surface area (Å²) in [6.07, 6.45) is 4.62. The van der Waals surface area contributed by atoms with E-state index in [-0.39, 0.29) is 34.3 Å². The van der Waals surface area contributed by atoms with Crippen molar-refractivity contribution in [1.29, 1.82) is 0 Å². The van der Waals surface area contributed by atoms with Gasteiger partial charge in [0.25, 0.3) is 0 Å². The van der Waals surface area contributed by atoms with Gasteiger partial charge in [0.15, 0.2) is 7.37 Å². The minimum absolute atomic E-state index is 0.0436. The maximum atomic E-state index is 13.8. The molecule has 0 unspecified atom stereocenters. The third-order valence-corrected chi connectivity index (χ3v) is 8.03. The van der Waals surface area contributed by atoms with Crippen LogP contribution in [0.2, 0.25) is 0 Å². The molecule has 1 aromatic heterocycles. The van der Waals surface area contributed by atoms with E-state index in [2.05, 4.69) is 18.8 Å². The van der Waals surface area contributed by atoms with Gasteiger partial charge in [0.1, 0.15) is 4.88 Å². The first kappa shape index (κ1) is 26.0. The van der Waals surface area contributed by atoms with Gasteiger partial charge in [-0.05, 0) is 71.3 Å². The molecule has 1 aromatic rings. The van der Waals surface area contributed by atoms with E-state index >= 15 is 0 Å². The Morgan fingerprint density at radius 2 is 1.79 bits per heavy atom. The predicted octanol–water partition coefficient (Wildman–Crippen LogP) is 6.09. The Morgan fingerprint density at radius 3 is 2.27 bits per heavy atom. The van der Waals surface area contributed by atoms with E-state index in [0.29, 0.717) is 29.3 Å². The molecule has 0 bridgehead atoms. The highest BCUT2D eigenvalue weighted by molar-refractivity contribution is 7.57. The molecule has 0 aromatic carbocycles. The van der Waals surface area contributed by atoms with Crippen LogP contribution in [0.1, 0.15) is 80.8 Å². The first-order chi connectivity index (χ1) is 15.2. The number of rotatable bonds is 6. The first-order valence-corrected chi connectivity index (χ1v) is 15.1. The summed E-state index contributed by atoms with van der Waals surface area (Å²) in [5.41, 5.74) is 0.174.